The molecule has 0 saturated heterocycles. The SMILES string of the molecule is CC(NC(=O)C1CCC(C(=O)O)CC1)c1cccc(Cl)c1Cl. The molecule has 1 saturated carbocycles. The third-order valence-corrected chi connectivity index (χ3v) is 5.09. The van der Waals surface area contributed by atoms with E-state index in [1.54, 1.807) is 12.1 Å². The highest BCUT2D eigenvalue weighted by Gasteiger charge is 2.30. The van der Waals surface area contributed by atoms with Crippen LogP contribution < -0.4 is 5.32 Å². The Morgan fingerprint density at radius 2 is 1.77 bits per heavy atom. The number of benzene rings is 1. The van der Waals surface area contributed by atoms with Crippen LogP contribution in [0.4, 0.5) is 0 Å². The van der Waals surface area contributed by atoms with E-state index >= 15 is 0 Å². The average molecular weight is 344 g/mol. The molecule has 0 heterocycles. The van der Waals surface area contributed by atoms with Crippen LogP contribution in [0.15, 0.2) is 18.2 Å². The standard InChI is InChI=1S/C16H19Cl2NO3/c1-9(12-3-2-4-13(17)14(12)18)19-15(20)10-5-7-11(8-6-10)16(21)22/h2-4,9-11H,5-8H2,1H3,(H,19,20)(H,21,22). The number of carboxylic acid groups (broad SMARTS) is 1. The molecule has 1 unspecified atom stereocenters. The quantitative estimate of drug-likeness (QED) is 0.866. The molecule has 0 spiro atoms. The molecule has 1 atom stereocenters. The van der Waals surface area contributed by atoms with E-state index in [0.29, 0.717) is 35.7 Å². The summed E-state index contributed by atoms with van der Waals surface area (Å²) in [6.07, 6.45) is 2.33. The number of carbonyl (C=O) groups excluding carboxylic acids is 1. The molecular formula is C16H19Cl2NO3. The minimum absolute atomic E-state index is 0.0487. The van der Waals surface area contributed by atoms with Gasteiger partial charge >= 0.3 is 5.97 Å². The van der Waals surface area contributed by atoms with Crippen LogP contribution in [0.1, 0.15) is 44.2 Å². The summed E-state index contributed by atoms with van der Waals surface area (Å²) in [7, 11) is 0. The number of nitrogens with one attached hydrogen (secondary N) is 1. The number of carboxylic acids is 1. The number of aliphatic carboxylic acids is 1. The minimum Gasteiger partial charge on any atom is -0.481 e. The van der Waals surface area contributed by atoms with Crippen LogP contribution in [0.5, 0.6) is 0 Å². The lowest BCUT2D eigenvalue weighted by atomic mass is 9.81. The first-order valence-corrected chi connectivity index (χ1v) is 8.12. The summed E-state index contributed by atoms with van der Waals surface area (Å²) < 4.78 is 0. The topological polar surface area (TPSA) is 66.4 Å². The summed E-state index contributed by atoms with van der Waals surface area (Å²) >= 11 is 12.2. The van der Waals surface area contributed by atoms with Crippen LogP contribution in [-0.2, 0) is 9.59 Å². The van der Waals surface area contributed by atoms with Gasteiger partial charge in [0.25, 0.3) is 0 Å². The maximum absolute atomic E-state index is 12.3. The fourth-order valence-corrected chi connectivity index (χ4v) is 3.34. The summed E-state index contributed by atoms with van der Waals surface area (Å²) in [5, 5.41) is 12.8. The van der Waals surface area contributed by atoms with E-state index in [0.717, 1.165) is 5.56 Å². The van der Waals surface area contributed by atoms with Gasteiger partial charge in [-0.3, -0.25) is 9.59 Å². The van der Waals surface area contributed by atoms with Gasteiger partial charge in [0.2, 0.25) is 5.91 Å². The van der Waals surface area contributed by atoms with E-state index < -0.39 is 5.97 Å². The van der Waals surface area contributed by atoms with E-state index in [-0.39, 0.29) is 23.8 Å². The Morgan fingerprint density at radius 1 is 1.18 bits per heavy atom. The second-order valence-corrected chi connectivity index (χ2v) is 6.55. The molecule has 0 aromatic heterocycles. The van der Waals surface area contributed by atoms with Gasteiger partial charge in [-0.2, -0.15) is 0 Å². The van der Waals surface area contributed by atoms with Crippen molar-refractivity contribution in [3.05, 3.63) is 33.8 Å². The number of hydrogen-bond donors (Lipinski definition) is 2. The maximum atomic E-state index is 12.3. The fraction of sp³-hybridized carbons (Fsp3) is 0.500. The molecule has 22 heavy (non-hydrogen) atoms. The highest BCUT2D eigenvalue weighted by Crippen LogP contribution is 2.32. The highest BCUT2D eigenvalue weighted by molar-refractivity contribution is 6.42. The van der Waals surface area contributed by atoms with Gasteiger partial charge in [0.1, 0.15) is 0 Å². The van der Waals surface area contributed by atoms with Gasteiger partial charge in [-0.1, -0.05) is 35.3 Å². The lowest BCUT2D eigenvalue weighted by Crippen LogP contribution is -2.35. The number of hydrogen-bond acceptors (Lipinski definition) is 2. The van der Waals surface area contributed by atoms with Gasteiger partial charge in [0.05, 0.1) is 22.0 Å². The molecule has 1 aliphatic rings. The average Bonchev–Trinajstić information content (AvgIpc) is 2.50. The van der Waals surface area contributed by atoms with Crippen LogP contribution in [0.3, 0.4) is 0 Å². The van der Waals surface area contributed by atoms with Gasteiger partial charge in [0, 0.05) is 5.92 Å². The molecule has 6 heteroatoms. The first-order chi connectivity index (χ1) is 10.4. The molecule has 1 aromatic rings. The summed E-state index contributed by atoms with van der Waals surface area (Å²) in [5.74, 6) is -1.26. The lowest BCUT2D eigenvalue weighted by molar-refractivity contribution is -0.144. The first kappa shape index (κ1) is 17.1. The van der Waals surface area contributed by atoms with Crippen molar-refractivity contribution < 1.29 is 14.7 Å². The highest BCUT2D eigenvalue weighted by atomic mass is 35.5. The van der Waals surface area contributed by atoms with Crippen molar-refractivity contribution in [2.45, 2.75) is 38.6 Å². The van der Waals surface area contributed by atoms with E-state index in [2.05, 4.69) is 5.32 Å². The van der Waals surface area contributed by atoms with E-state index in [1.165, 1.54) is 0 Å². The van der Waals surface area contributed by atoms with Crippen molar-refractivity contribution in [1.29, 1.82) is 0 Å². The summed E-state index contributed by atoms with van der Waals surface area (Å²) in [4.78, 5) is 23.3. The second-order valence-electron chi connectivity index (χ2n) is 5.76. The largest absolute Gasteiger partial charge is 0.481 e. The molecule has 0 aliphatic heterocycles. The molecule has 2 rings (SSSR count). The first-order valence-electron chi connectivity index (χ1n) is 7.37. The number of carbonyl (C=O) groups is 2. The summed E-state index contributed by atoms with van der Waals surface area (Å²) in [5.41, 5.74) is 0.779. The fourth-order valence-electron chi connectivity index (χ4n) is 2.87. The van der Waals surface area contributed by atoms with Crippen molar-refractivity contribution in [3.63, 3.8) is 0 Å². The van der Waals surface area contributed by atoms with Crippen LogP contribution in [-0.4, -0.2) is 17.0 Å². The molecule has 0 bridgehead atoms. The Kier molecular flexibility index (Phi) is 5.70. The lowest BCUT2D eigenvalue weighted by Gasteiger charge is -2.27. The Labute approximate surface area is 139 Å². The molecule has 0 radical (unpaired) electrons. The van der Waals surface area contributed by atoms with E-state index in [4.69, 9.17) is 28.3 Å². The van der Waals surface area contributed by atoms with Crippen molar-refractivity contribution in [2.24, 2.45) is 11.8 Å². The predicted octanol–water partition coefficient (Wildman–Crippen LogP) is 4.06. The number of amides is 1. The molecule has 120 valence electrons. The smallest absolute Gasteiger partial charge is 0.306 e. The molecule has 4 nitrogen and oxygen atoms in total. The van der Waals surface area contributed by atoms with E-state index in [9.17, 15) is 9.59 Å². The normalized spacial score (nSPS) is 22.9. The second kappa shape index (κ2) is 7.34. The zero-order valence-electron chi connectivity index (χ0n) is 12.3. The maximum Gasteiger partial charge on any atom is 0.306 e. The van der Waals surface area contributed by atoms with Gasteiger partial charge in [0.15, 0.2) is 0 Å². The van der Waals surface area contributed by atoms with Crippen LogP contribution in [0.25, 0.3) is 0 Å². The summed E-state index contributed by atoms with van der Waals surface area (Å²) in [6.45, 7) is 1.86. The van der Waals surface area contributed by atoms with Gasteiger partial charge in [-0.25, -0.2) is 0 Å². The third-order valence-electron chi connectivity index (χ3n) is 4.25. The van der Waals surface area contributed by atoms with E-state index in [1.807, 2.05) is 13.0 Å². The molecule has 1 aliphatic carbocycles. The molecule has 1 amide bonds. The van der Waals surface area contributed by atoms with Gasteiger partial charge in [-0.05, 0) is 44.2 Å². The van der Waals surface area contributed by atoms with Crippen LogP contribution >= 0.6 is 23.2 Å². The Balaban J connectivity index is 1.95. The van der Waals surface area contributed by atoms with Crippen LogP contribution in [0, 0.1) is 11.8 Å². The minimum atomic E-state index is -0.766. The monoisotopic (exact) mass is 343 g/mol. The molecule has 2 N–H and O–H groups in total. The number of halogens is 2. The summed E-state index contributed by atoms with van der Waals surface area (Å²) in [6, 6.07) is 5.09. The molecule has 1 fully saturated rings. The van der Waals surface area contributed by atoms with Crippen LogP contribution in [0.2, 0.25) is 10.0 Å². The number of rotatable bonds is 4. The Hall–Kier alpha value is -1.26. The van der Waals surface area contributed by atoms with Crippen molar-refractivity contribution in [1.82, 2.24) is 5.32 Å². The predicted molar refractivity (Wildman–Crippen MR) is 86.1 cm³/mol. The third kappa shape index (κ3) is 3.93. The Bertz CT molecular complexity index is 569. The van der Waals surface area contributed by atoms with Gasteiger partial charge < -0.3 is 10.4 Å². The molecule has 1 aromatic carbocycles. The zero-order chi connectivity index (χ0) is 16.3. The Morgan fingerprint density at radius 3 is 2.36 bits per heavy atom. The molecular weight excluding hydrogens is 325 g/mol. The van der Waals surface area contributed by atoms with Crippen molar-refractivity contribution in [2.75, 3.05) is 0 Å². The zero-order valence-corrected chi connectivity index (χ0v) is 13.8. The van der Waals surface area contributed by atoms with Crippen molar-refractivity contribution >= 4 is 35.1 Å². The van der Waals surface area contributed by atoms with Gasteiger partial charge in [-0.15, -0.1) is 0 Å². The van der Waals surface area contributed by atoms with Crippen molar-refractivity contribution in [3.8, 4) is 0 Å².